The van der Waals surface area contributed by atoms with Crippen LogP contribution in [-0.2, 0) is 0 Å². The van der Waals surface area contributed by atoms with E-state index in [0.29, 0.717) is 0 Å². The van der Waals surface area contributed by atoms with Crippen molar-refractivity contribution in [3.63, 3.8) is 0 Å². The van der Waals surface area contributed by atoms with Gasteiger partial charge in [0.05, 0.1) is 5.69 Å². The van der Waals surface area contributed by atoms with Crippen molar-refractivity contribution in [3.8, 4) is 0 Å². The van der Waals surface area contributed by atoms with Gasteiger partial charge in [-0.05, 0) is 24.6 Å². The van der Waals surface area contributed by atoms with Crippen LogP contribution in [-0.4, -0.2) is 0 Å². The minimum atomic E-state index is 1.04. The summed E-state index contributed by atoms with van der Waals surface area (Å²) >= 11 is 6.78. The molecule has 72 valence electrons. The third-order valence-corrected chi connectivity index (χ3v) is 4.15. The van der Waals surface area contributed by atoms with E-state index in [2.05, 4.69) is 44.7 Å². The Morgan fingerprint density at radius 3 is 2.64 bits per heavy atom. The summed E-state index contributed by atoms with van der Waals surface area (Å²) in [6.07, 6.45) is 0. The molecule has 1 aromatic heterocycles. The van der Waals surface area contributed by atoms with Gasteiger partial charge in [0.2, 0.25) is 0 Å². The predicted molar refractivity (Wildman–Crippen MR) is 66.3 cm³/mol. The highest BCUT2D eigenvalue weighted by molar-refractivity contribution is 9.10. The Balaban J connectivity index is 2.53. The van der Waals surface area contributed by atoms with Gasteiger partial charge in [-0.1, -0.05) is 22.0 Å². The Morgan fingerprint density at radius 2 is 1.93 bits per heavy atom. The van der Waals surface area contributed by atoms with Crippen LogP contribution in [0.5, 0.6) is 0 Å². The number of aryl methyl sites for hydroxylation is 1. The Labute approximate surface area is 98.9 Å². The van der Waals surface area contributed by atoms with Gasteiger partial charge in [0.15, 0.2) is 3.98 Å². The summed E-state index contributed by atoms with van der Waals surface area (Å²) in [6.45, 7) is 2.07. The second kappa shape index (κ2) is 4.38. The summed E-state index contributed by atoms with van der Waals surface area (Å²) in [5, 5.41) is 4.10. The van der Waals surface area contributed by atoms with Gasteiger partial charge in [-0.3, -0.25) is 0 Å². The maximum atomic E-state index is 4.57. The van der Waals surface area contributed by atoms with Crippen LogP contribution >= 0.6 is 38.6 Å². The molecule has 1 heterocycles. The fourth-order valence-corrected chi connectivity index (χ4v) is 2.94. The van der Waals surface area contributed by atoms with Crippen molar-refractivity contribution >= 4 is 44.3 Å². The predicted octanol–water partition coefficient (Wildman–Crippen LogP) is 4.11. The molecule has 0 aliphatic rings. The first-order valence-electron chi connectivity index (χ1n) is 4.09. The van der Waals surface area contributed by atoms with Crippen LogP contribution in [0.3, 0.4) is 0 Å². The average Bonchev–Trinajstić information content (AvgIpc) is 2.64. The lowest BCUT2D eigenvalue weighted by Gasteiger charge is -1.98. The van der Waals surface area contributed by atoms with E-state index in [4.69, 9.17) is 0 Å². The first kappa shape index (κ1) is 10.1. The molecule has 14 heavy (non-hydrogen) atoms. The highest BCUT2D eigenvalue weighted by Gasteiger charge is 1.96. The van der Waals surface area contributed by atoms with E-state index in [1.54, 1.807) is 22.7 Å². The van der Waals surface area contributed by atoms with Crippen molar-refractivity contribution in [2.75, 3.05) is 0 Å². The van der Waals surface area contributed by atoms with Gasteiger partial charge in [0.25, 0.3) is 0 Å². The summed E-state index contributed by atoms with van der Waals surface area (Å²) in [5.41, 5.74) is 2.24. The van der Waals surface area contributed by atoms with E-state index >= 15 is 0 Å². The zero-order valence-corrected chi connectivity index (χ0v) is 10.7. The second-order valence-electron chi connectivity index (χ2n) is 2.82. The van der Waals surface area contributed by atoms with Gasteiger partial charge in [-0.25, -0.2) is 4.99 Å². The first-order chi connectivity index (χ1) is 6.75. The summed E-state index contributed by atoms with van der Waals surface area (Å²) in [5.74, 6) is 0. The van der Waals surface area contributed by atoms with Crippen LogP contribution < -0.4 is 3.98 Å². The lowest BCUT2D eigenvalue weighted by Crippen LogP contribution is -1.85. The van der Waals surface area contributed by atoms with Crippen molar-refractivity contribution in [3.05, 3.63) is 43.0 Å². The molecule has 2 rings (SSSR count). The quantitative estimate of drug-likeness (QED) is 0.748. The molecule has 0 radical (unpaired) electrons. The Kier molecular flexibility index (Phi) is 3.15. The van der Waals surface area contributed by atoms with Crippen LogP contribution in [0.4, 0.5) is 5.69 Å². The normalized spacial score (nSPS) is 10.1. The summed E-state index contributed by atoms with van der Waals surface area (Å²) < 4.78 is 2.16. The zero-order valence-electron chi connectivity index (χ0n) is 7.53. The SMILES string of the molecule is Cc1ccc(Br)cc1N=c1sccs1. The summed E-state index contributed by atoms with van der Waals surface area (Å²) in [4.78, 5) is 4.57. The van der Waals surface area contributed by atoms with Crippen molar-refractivity contribution < 1.29 is 0 Å². The average molecular weight is 286 g/mol. The molecule has 0 aliphatic carbocycles. The minimum Gasteiger partial charge on any atom is -0.227 e. The van der Waals surface area contributed by atoms with Crippen LogP contribution in [0.1, 0.15) is 5.56 Å². The Bertz CT molecular complexity index is 482. The number of halogens is 1. The van der Waals surface area contributed by atoms with Crippen LogP contribution in [0.15, 0.2) is 38.4 Å². The molecule has 1 aromatic carbocycles. The van der Waals surface area contributed by atoms with Gasteiger partial charge >= 0.3 is 0 Å². The van der Waals surface area contributed by atoms with Crippen molar-refractivity contribution in [1.82, 2.24) is 0 Å². The molecule has 0 unspecified atom stereocenters. The molecule has 2 aromatic rings. The van der Waals surface area contributed by atoms with E-state index in [0.717, 1.165) is 14.1 Å². The van der Waals surface area contributed by atoms with Gasteiger partial charge in [-0.2, -0.15) is 0 Å². The number of benzene rings is 1. The molecule has 0 fully saturated rings. The molecule has 4 heteroatoms. The van der Waals surface area contributed by atoms with Crippen LogP contribution in [0.2, 0.25) is 0 Å². The number of hydrogen-bond acceptors (Lipinski definition) is 3. The third-order valence-electron chi connectivity index (χ3n) is 1.78. The van der Waals surface area contributed by atoms with Gasteiger partial charge in [0, 0.05) is 15.2 Å². The van der Waals surface area contributed by atoms with Gasteiger partial charge < -0.3 is 0 Å². The largest absolute Gasteiger partial charge is 0.227 e. The standard InChI is InChI=1S/C10H8BrNS2/c1-7-2-3-8(11)6-9(7)12-10-13-4-5-14-10/h2-6H,1H3. The van der Waals surface area contributed by atoms with E-state index in [1.807, 2.05) is 12.1 Å². The van der Waals surface area contributed by atoms with E-state index in [-0.39, 0.29) is 0 Å². The fraction of sp³-hybridized carbons (Fsp3) is 0.100. The summed E-state index contributed by atoms with van der Waals surface area (Å²) in [6, 6.07) is 6.15. The van der Waals surface area contributed by atoms with Crippen molar-refractivity contribution in [2.45, 2.75) is 6.92 Å². The maximum Gasteiger partial charge on any atom is 0.170 e. The molecule has 0 atom stereocenters. The maximum absolute atomic E-state index is 4.57. The van der Waals surface area contributed by atoms with Gasteiger partial charge in [-0.15, -0.1) is 22.7 Å². The lowest BCUT2D eigenvalue weighted by molar-refractivity contribution is 1.35. The molecule has 1 nitrogen and oxygen atoms in total. The molecule has 0 amide bonds. The number of rotatable bonds is 1. The second-order valence-corrected chi connectivity index (χ2v) is 5.78. The molecule has 0 N–H and O–H groups in total. The highest BCUT2D eigenvalue weighted by Crippen LogP contribution is 2.23. The minimum absolute atomic E-state index is 1.04. The number of nitrogens with zero attached hydrogens (tertiary/aromatic N) is 1. The topological polar surface area (TPSA) is 12.4 Å². The van der Waals surface area contributed by atoms with Gasteiger partial charge in [0.1, 0.15) is 0 Å². The molecular formula is C10H8BrNS2. The molecular weight excluding hydrogens is 278 g/mol. The van der Waals surface area contributed by atoms with E-state index in [1.165, 1.54) is 5.56 Å². The monoisotopic (exact) mass is 285 g/mol. The van der Waals surface area contributed by atoms with Crippen molar-refractivity contribution in [2.24, 2.45) is 4.99 Å². The van der Waals surface area contributed by atoms with Crippen molar-refractivity contribution in [1.29, 1.82) is 0 Å². The van der Waals surface area contributed by atoms with E-state index in [9.17, 15) is 0 Å². The molecule has 0 bridgehead atoms. The molecule has 0 saturated heterocycles. The highest BCUT2D eigenvalue weighted by atomic mass is 79.9. The van der Waals surface area contributed by atoms with Crippen LogP contribution in [0.25, 0.3) is 0 Å². The summed E-state index contributed by atoms with van der Waals surface area (Å²) in [7, 11) is 0. The lowest BCUT2D eigenvalue weighted by atomic mass is 10.2. The van der Waals surface area contributed by atoms with Crippen LogP contribution in [0, 0.1) is 6.92 Å². The first-order valence-corrected chi connectivity index (χ1v) is 6.64. The fourth-order valence-electron chi connectivity index (χ4n) is 1.05. The Morgan fingerprint density at radius 1 is 1.21 bits per heavy atom. The van der Waals surface area contributed by atoms with E-state index < -0.39 is 0 Å². The smallest absolute Gasteiger partial charge is 0.170 e. The molecule has 0 spiro atoms. The zero-order chi connectivity index (χ0) is 9.97. The third kappa shape index (κ3) is 2.32. The molecule has 0 saturated carbocycles. The Hall–Kier alpha value is -0.450. The molecule has 0 aliphatic heterocycles. The number of hydrogen-bond donors (Lipinski definition) is 0.